The first-order chi connectivity index (χ1) is 10.4. The minimum Gasteiger partial charge on any atom is -0.503 e. The van der Waals surface area contributed by atoms with E-state index in [1.807, 2.05) is 4.57 Å². The average Bonchev–Trinajstić information content (AvgIpc) is 2.44. The number of likely N-dealkylation sites (tertiary alicyclic amines) is 1. The smallest absolute Gasteiger partial charge is 0.306 e. The van der Waals surface area contributed by atoms with Crippen molar-refractivity contribution in [1.29, 1.82) is 0 Å². The number of hydrogen-bond donors (Lipinski definition) is 2. The van der Waals surface area contributed by atoms with E-state index in [9.17, 15) is 14.7 Å². The molecule has 1 aromatic heterocycles. The molecule has 0 radical (unpaired) electrons. The van der Waals surface area contributed by atoms with Crippen molar-refractivity contribution in [3.05, 3.63) is 28.2 Å². The Bertz CT molecular complexity index is 586. The number of nitrogens with zero attached hydrogens (tertiary/aromatic N) is 2. The van der Waals surface area contributed by atoms with Crippen molar-refractivity contribution in [2.75, 3.05) is 13.1 Å². The molecule has 2 rings (SSSR count). The Labute approximate surface area is 130 Å². The molecule has 0 atom stereocenters. The van der Waals surface area contributed by atoms with Gasteiger partial charge in [0.2, 0.25) is 5.43 Å². The largest absolute Gasteiger partial charge is 0.503 e. The van der Waals surface area contributed by atoms with Crippen molar-refractivity contribution < 1.29 is 15.0 Å². The molecule has 0 spiro atoms. The minimum absolute atomic E-state index is 0.228. The molecular weight excluding hydrogens is 284 g/mol. The van der Waals surface area contributed by atoms with Crippen molar-refractivity contribution in [3.63, 3.8) is 0 Å². The lowest BCUT2D eigenvalue weighted by Gasteiger charge is -2.31. The lowest BCUT2D eigenvalue weighted by Crippen LogP contribution is -2.36. The molecule has 2 heterocycles. The number of piperidine rings is 1. The molecular formula is C16H24N2O4. The summed E-state index contributed by atoms with van der Waals surface area (Å²) in [6.45, 7) is 6.93. The lowest BCUT2D eigenvalue weighted by atomic mass is 9.97. The number of rotatable bonds is 5. The fraction of sp³-hybridized carbons (Fsp3) is 0.625. The van der Waals surface area contributed by atoms with Gasteiger partial charge in [0.15, 0.2) is 5.75 Å². The first-order valence-corrected chi connectivity index (χ1v) is 7.74. The van der Waals surface area contributed by atoms with Gasteiger partial charge in [0, 0.05) is 24.8 Å². The Hall–Kier alpha value is -1.82. The van der Waals surface area contributed by atoms with Crippen LogP contribution in [0.3, 0.4) is 0 Å². The number of aromatic nitrogens is 1. The number of aromatic hydroxyl groups is 1. The zero-order valence-corrected chi connectivity index (χ0v) is 13.2. The summed E-state index contributed by atoms with van der Waals surface area (Å²) in [5.74, 6) is -0.803. The maximum Gasteiger partial charge on any atom is 0.306 e. The Morgan fingerprint density at radius 3 is 2.55 bits per heavy atom. The van der Waals surface area contributed by atoms with Gasteiger partial charge in [0.1, 0.15) is 0 Å². The van der Waals surface area contributed by atoms with Gasteiger partial charge >= 0.3 is 5.97 Å². The van der Waals surface area contributed by atoms with E-state index in [1.54, 1.807) is 0 Å². The van der Waals surface area contributed by atoms with Crippen LogP contribution in [0.2, 0.25) is 0 Å². The number of pyridine rings is 1. The van der Waals surface area contributed by atoms with Crippen LogP contribution in [0, 0.1) is 11.8 Å². The number of carboxylic acid groups (broad SMARTS) is 1. The van der Waals surface area contributed by atoms with E-state index in [1.165, 1.54) is 12.3 Å². The summed E-state index contributed by atoms with van der Waals surface area (Å²) in [5.41, 5.74) is 0.501. The molecule has 0 saturated carbocycles. The number of carboxylic acids is 1. The van der Waals surface area contributed by atoms with Gasteiger partial charge in [-0.15, -0.1) is 0 Å². The lowest BCUT2D eigenvalue weighted by molar-refractivity contribution is -0.143. The third-order valence-electron chi connectivity index (χ3n) is 4.08. The minimum atomic E-state index is -0.721. The van der Waals surface area contributed by atoms with Crippen LogP contribution in [-0.4, -0.2) is 38.7 Å². The molecule has 0 amide bonds. The number of aliphatic carboxylic acids is 1. The molecule has 0 aromatic carbocycles. The van der Waals surface area contributed by atoms with Crippen molar-refractivity contribution in [2.45, 2.75) is 39.8 Å². The van der Waals surface area contributed by atoms with E-state index in [4.69, 9.17) is 5.11 Å². The van der Waals surface area contributed by atoms with Gasteiger partial charge < -0.3 is 14.8 Å². The molecule has 6 heteroatoms. The summed E-state index contributed by atoms with van der Waals surface area (Å²) in [4.78, 5) is 24.9. The van der Waals surface area contributed by atoms with Crippen molar-refractivity contribution in [2.24, 2.45) is 11.8 Å². The van der Waals surface area contributed by atoms with E-state index in [-0.39, 0.29) is 17.1 Å². The van der Waals surface area contributed by atoms with E-state index in [0.717, 1.165) is 12.2 Å². The van der Waals surface area contributed by atoms with Gasteiger partial charge in [-0.1, -0.05) is 13.8 Å². The highest BCUT2D eigenvalue weighted by Gasteiger charge is 2.24. The second-order valence-corrected chi connectivity index (χ2v) is 6.45. The van der Waals surface area contributed by atoms with E-state index < -0.39 is 5.97 Å². The molecule has 1 aliphatic heterocycles. The van der Waals surface area contributed by atoms with Gasteiger partial charge in [-0.25, -0.2) is 0 Å². The van der Waals surface area contributed by atoms with Crippen LogP contribution < -0.4 is 5.43 Å². The van der Waals surface area contributed by atoms with Crippen LogP contribution in [0.1, 0.15) is 32.4 Å². The molecule has 0 bridgehead atoms. The van der Waals surface area contributed by atoms with E-state index in [2.05, 4.69) is 18.7 Å². The van der Waals surface area contributed by atoms with Crippen LogP contribution in [0.15, 0.2) is 17.1 Å². The summed E-state index contributed by atoms with van der Waals surface area (Å²) >= 11 is 0. The highest BCUT2D eigenvalue weighted by molar-refractivity contribution is 5.70. The molecule has 6 nitrogen and oxygen atoms in total. The quantitative estimate of drug-likeness (QED) is 0.861. The fourth-order valence-electron chi connectivity index (χ4n) is 2.87. The molecule has 0 unspecified atom stereocenters. The van der Waals surface area contributed by atoms with E-state index >= 15 is 0 Å². The summed E-state index contributed by atoms with van der Waals surface area (Å²) in [5, 5.41) is 18.7. The third kappa shape index (κ3) is 4.10. The molecule has 122 valence electrons. The summed E-state index contributed by atoms with van der Waals surface area (Å²) in [6, 6.07) is 1.49. The topological polar surface area (TPSA) is 82.8 Å². The number of hydrogen-bond acceptors (Lipinski definition) is 4. The highest BCUT2D eigenvalue weighted by atomic mass is 16.4. The molecule has 1 aromatic rings. The second-order valence-electron chi connectivity index (χ2n) is 6.45. The van der Waals surface area contributed by atoms with Crippen molar-refractivity contribution in [3.8, 4) is 5.75 Å². The van der Waals surface area contributed by atoms with Gasteiger partial charge in [0.05, 0.1) is 12.1 Å². The predicted octanol–water partition coefficient (Wildman–Crippen LogP) is 1.51. The van der Waals surface area contributed by atoms with Gasteiger partial charge in [-0.2, -0.15) is 0 Å². The third-order valence-corrected chi connectivity index (χ3v) is 4.08. The van der Waals surface area contributed by atoms with E-state index in [0.29, 0.717) is 38.4 Å². The number of carbonyl (C=O) groups is 1. The molecule has 1 aliphatic rings. The highest BCUT2D eigenvalue weighted by Crippen LogP contribution is 2.19. The summed E-state index contributed by atoms with van der Waals surface area (Å²) in [6.07, 6.45) is 2.78. The molecule has 1 saturated heterocycles. The van der Waals surface area contributed by atoms with Crippen LogP contribution >= 0.6 is 0 Å². The zero-order valence-electron chi connectivity index (χ0n) is 13.2. The average molecular weight is 308 g/mol. The SMILES string of the molecule is CC(C)Cn1cc(O)c(=O)cc1CN1CCC(C(=O)O)CC1. The summed E-state index contributed by atoms with van der Waals surface area (Å²) in [7, 11) is 0. The maximum absolute atomic E-state index is 11.7. The molecule has 2 N–H and O–H groups in total. The molecule has 1 fully saturated rings. The normalized spacial score (nSPS) is 17.0. The molecule has 22 heavy (non-hydrogen) atoms. The van der Waals surface area contributed by atoms with Gasteiger partial charge in [-0.05, 0) is 31.8 Å². The first-order valence-electron chi connectivity index (χ1n) is 7.74. The summed E-state index contributed by atoms with van der Waals surface area (Å²) < 4.78 is 1.92. The second kappa shape index (κ2) is 6.96. The monoisotopic (exact) mass is 308 g/mol. The van der Waals surface area contributed by atoms with Gasteiger partial charge in [0.25, 0.3) is 0 Å². The van der Waals surface area contributed by atoms with Crippen LogP contribution in [0.25, 0.3) is 0 Å². The Kier molecular flexibility index (Phi) is 5.24. The standard InChI is InChI=1S/C16H24N2O4/c1-11(2)8-18-10-15(20)14(19)7-13(18)9-17-5-3-12(4-6-17)16(21)22/h7,10-12,20H,3-6,8-9H2,1-2H3,(H,21,22). The van der Waals surface area contributed by atoms with Crippen LogP contribution in [0.5, 0.6) is 5.75 Å². The maximum atomic E-state index is 11.7. The Morgan fingerprint density at radius 2 is 2.00 bits per heavy atom. The molecule has 0 aliphatic carbocycles. The fourth-order valence-corrected chi connectivity index (χ4v) is 2.87. The Balaban J connectivity index is 2.10. The van der Waals surface area contributed by atoms with Crippen LogP contribution in [0.4, 0.5) is 0 Å². The first kappa shape index (κ1) is 16.5. The van der Waals surface area contributed by atoms with Gasteiger partial charge in [-0.3, -0.25) is 14.5 Å². The Morgan fingerprint density at radius 1 is 1.36 bits per heavy atom. The van der Waals surface area contributed by atoms with Crippen molar-refractivity contribution in [1.82, 2.24) is 9.47 Å². The van der Waals surface area contributed by atoms with Crippen LogP contribution in [-0.2, 0) is 17.9 Å². The zero-order chi connectivity index (χ0) is 16.3. The van der Waals surface area contributed by atoms with Crippen molar-refractivity contribution >= 4 is 5.97 Å². The predicted molar refractivity (Wildman–Crippen MR) is 82.8 cm³/mol.